The number of nitrogens with one attached hydrogen (secondary N) is 1. The van der Waals surface area contributed by atoms with Crippen LogP contribution in [0.3, 0.4) is 0 Å². The summed E-state index contributed by atoms with van der Waals surface area (Å²) >= 11 is 0. The second-order valence-electron chi connectivity index (χ2n) is 5.71. The molecule has 90 valence electrons. The molecule has 0 saturated heterocycles. The maximum Gasteiger partial charge on any atom is 0.0598 e. The van der Waals surface area contributed by atoms with Gasteiger partial charge in [-0.1, -0.05) is 13.3 Å². The van der Waals surface area contributed by atoms with E-state index in [1.54, 1.807) is 0 Å². The van der Waals surface area contributed by atoms with Crippen LogP contribution in [-0.2, 0) is 4.74 Å². The lowest BCUT2D eigenvalue weighted by molar-refractivity contribution is -0.00940. The smallest absolute Gasteiger partial charge is 0.0598 e. The molecule has 0 spiro atoms. The van der Waals surface area contributed by atoms with Gasteiger partial charge in [0.2, 0.25) is 0 Å². The first-order valence-electron chi connectivity index (χ1n) is 6.38. The van der Waals surface area contributed by atoms with Gasteiger partial charge >= 0.3 is 0 Å². The maximum absolute atomic E-state index is 5.76. The molecule has 1 fully saturated rings. The number of hydrogen-bond donors (Lipinski definition) is 1. The van der Waals surface area contributed by atoms with Crippen molar-refractivity contribution in [2.45, 2.75) is 65.0 Å². The van der Waals surface area contributed by atoms with Crippen molar-refractivity contribution in [2.75, 3.05) is 13.2 Å². The lowest BCUT2D eigenvalue weighted by Gasteiger charge is -2.22. The first-order valence-corrected chi connectivity index (χ1v) is 6.38. The van der Waals surface area contributed by atoms with Gasteiger partial charge in [-0.05, 0) is 52.5 Å². The Morgan fingerprint density at radius 3 is 2.47 bits per heavy atom. The van der Waals surface area contributed by atoms with Crippen molar-refractivity contribution >= 4 is 0 Å². The molecule has 1 N–H and O–H groups in total. The third kappa shape index (κ3) is 6.91. The van der Waals surface area contributed by atoms with E-state index in [2.05, 4.69) is 33.0 Å². The first kappa shape index (κ1) is 13.0. The summed E-state index contributed by atoms with van der Waals surface area (Å²) in [5, 5.41) is 3.60. The topological polar surface area (TPSA) is 21.3 Å². The molecule has 0 amide bonds. The average molecular weight is 213 g/mol. The lowest BCUT2D eigenvalue weighted by Crippen LogP contribution is -2.27. The molecule has 2 heteroatoms. The molecule has 0 aliphatic heterocycles. The molecule has 15 heavy (non-hydrogen) atoms. The number of hydrogen-bond acceptors (Lipinski definition) is 2. The fourth-order valence-corrected chi connectivity index (χ4v) is 1.60. The molecular formula is C13H27NO. The molecule has 0 radical (unpaired) electrons. The fraction of sp³-hybridized carbons (Fsp3) is 1.00. The van der Waals surface area contributed by atoms with E-state index in [0.717, 1.165) is 18.6 Å². The summed E-state index contributed by atoms with van der Waals surface area (Å²) in [5.41, 5.74) is 0.0161. The van der Waals surface area contributed by atoms with Crippen molar-refractivity contribution in [3.8, 4) is 0 Å². The van der Waals surface area contributed by atoms with Gasteiger partial charge in [0.25, 0.3) is 0 Å². The Kier molecular flexibility index (Phi) is 5.07. The third-order valence-corrected chi connectivity index (χ3v) is 2.91. The van der Waals surface area contributed by atoms with Crippen LogP contribution in [0, 0.1) is 5.92 Å². The SMILES string of the molecule is CCC(CCOC(C)(C)C)CNC1CC1. The zero-order chi connectivity index (χ0) is 11.3. The molecule has 1 saturated carbocycles. The van der Waals surface area contributed by atoms with E-state index in [0.29, 0.717) is 0 Å². The van der Waals surface area contributed by atoms with Gasteiger partial charge in [0.1, 0.15) is 0 Å². The average Bonchev–Trinajstić information content (AvgIpc) is 2.92. The van der Waals surface area contributed by atoms with Crippen LogP contribution in [-0.4, -0.2) is 24.8 Å². The highest BCUT2D eigenvalue weighted by atomic mass is 16.5. The van der Waals surface area contributed by atoms with E-state index in [4.69, 9.17) is 4.74 Å². The minimum Gasteiger partial charge on any atom is -0.376 e. The second kappa shape index (κ2) is 5.86. The van der Waals surface area contributed by atoms with E-state index in [-0.39, 0.29) is 5.60 Å². The molecule has 2 nitrogen and oxygen atoms in total. The molecule has 1 unspecified atom stereocenters. The predicted molar refractivity (Wildman–Crippen MR) is 65.1 cm³/mol. The molecular weight excluding hydrogens is 186 g/mol. The van der Waals surface area contributed by atoms with Crippen LogP contribution in [0.15, 0.2) is 0 Å². The highest BCUT2D eigenvalue weighted by molar-refractivity contribution is 4.81. The summed E-state index contributed by atoms with van der Waals surface area (Å²) in [6.45, 7) is 10.7. The van der Waals surface area contributed by atoms with E-state index in [1.807, 2.05) is 0 Å². The molecule has 0 bridgehead atoms. The quantitative estimate of drug-likeness (QED) is 0.702. The van der Waals surface area contributed by atoms with Crippen LogP contribution in [0.25, 0.3) is 0 Å². The highest BCUT2D eigenvalue weighted by Gasteiger charge is 2.21. The minimum absolute atomic E-state index is 0.0161. The Bertz CT molecular complexity index is 170. The number of rotatable bonds is 7. The minimum atomic E-state index is 0.0161. The molecule has 1 rings (SSSR count). The molecule has 1 aliphatic carbocycles. The standard InChI is InChI=1S/C13H27NO/c1-5-11(10-14-12-6-7-12)8-9-15-13(2,3)4/h11-12,14H,5-10H2,1-4H3. The van der Waals surface area contributed by atoms with Gasteiger partial charge < -0.3 is 10.1 Å². The first-order chi connectivity index (χ1) is 7.01. The summed E-state index contributed by atoms with van der Waals surface area (Å²) in [7, 11) is 0. The van der Waals surface area contributed by atoms with Gasteiger partial charge in [0.05, 0.1) is 5.60 Å². The summed E-state index contributed by atoms with van der Waals surface area (Å²) < 4.78 is 5.76. The molecule has 1 aliphatic rings. The molecule has 0 aromatic heterocycles. The Labute approximate surface area is 94.8 Å². The van der Waals surface area contributed by atoms with E-state index in [1.165, 1.54) is 32.2 Å². The Morgan fingerprint density at radius 1 is 1.33 bits per heavy atom. The van der Waals surface area contributed by atoms with Crippen molar-refractivity contribution in [3.05, 3.63) is 0 Å². The van der Waals surface area contributed by atoms with E-state index < -0.39 is 0 Å². The van der Waals surface area contributed by atoms with Crippen molar-refractivity contribution < 1.29 is 4.74 Å². The Morgan fingerprint density at radius 2 is 2.00 bits per heavy atom. The van der Waals surface area contributed by atoms with Gasteiger partial charge in [-0.2, -0.15) is 0 Å². The van der Waals surface area contributed by atoms with Crippen LogP contribution in [0.2, 0.25) is 0 Å². The number of ether oxygens (including phenoxy) is 1. The fourth-order valence-electron chi connectivity index (χ4n) is 1.60. The predicted octanol–water partition coefficient (Wildman–Crippen LogP) is 2.97. The van der Waals surface area contributed by atoms with Crippen molar-refractivity contribution in [1.82, 2.24) is 5.32 Å². The van der Waals surface area contributed by atoms with Gasteiger partial charge in [-0.15, -0.1) is 0 Å². The summed E-state index contributed by atoms with van der Waals surface area (Å²) in [5.74, 6) is 0.785. The molecule has 0 heterocycles. The van der Waals surface area contributed by atoms with Crippen molar-refractivity contribution in [3.63, 3.8) is 0 Å². The summed E-state index contributed by atoms with van der Waals surface area (Å²) in [6, 6.07) is 0.836. The maximum atomic E-state index is 5.76. The molecule has 0 aromatic carbocycles. The van der Waals surface area contributed by atoms with Crippen LogP contribution >= 0.6 is 0 Å². The van der Waals surface area contributed by atoms with Gasteiger partial charge in [0, 0.05) is 12.6 Å². The van der Waals surface area contributed by atoms with Gasteiger partial charge in [-0.3, -0.25) is 0 Å². The third-order valence-electron chi connectivity index (χ3n) is 2.91. The van der Waals surface area contributed by atoms with Crippen LogP contribution in [0.5, 0.6) is 0 Å². The van der Waals surface area contributed by atoms with Crippen LogP contribution in [0.1, 0.15) is 53.4 Å². The zero-order valence-corrected chi connectivity index (χ0v) is 10.8. The van der Waals surface area contributed by atoms with E-state index >= 15 is 0 Å². The normalized spacial score (nSPS) is 19.2. The van der Waals surface area contributed by atoms with Crippen molar-refractivity contribution in [1.29, 1.82) is 0 Å². The highest BCUT2D eigenvalue weighted by Crippen LogP contribution is 2.20. The second-order valence-corrected chi connectivity index (χ2v) is 5.71. The van der Waals surface area contributed by atoms with Crippen LogP contribution < -0.4 is 5.32 Å². The monoisotopic (exact) mass is 213 g/mol. The largest absolute Gasteiger partial charge is 0.376 e. The molecule has 0 aromatic rings. The summed E-state index contributed by atoms with van der Waals surface area (Å²) in [6.07, 6.45) is 5.21. The lowest BCUT2D eigenvalue weighted by atomic mass is 10.0. The van der Waals surface area contributed by atoms with E-state index in [9.17, 15) is 0 Å². The zero-order valence-electron chi connectivity index (χ0n) is 10.8. The van der Waals surface area contributed by atoms with Gasteiger partial charge in [-0.25, -0.2) is 0 Å². The van der Waals surface area contributed by atoms with Crippen molar-refractivity contribution in [2.24, 2.45) is 5.92 Å². The Balaban J connectivity index is 2.04. The molecule has 1 atom stereocenters. The summed E-state index contributed by atoms with van der Waals surface area (Å²) in [4.78, 5) is 0. The Hall–Kier alpha value is -0.0800. The van der Waals surface area contributed by atoms with Gasteiger partial charge in [0.15, 0.2) is 0 Å². The van der Waals surface area contributed by atoms with Crippen LogP contribution in [0.4, 0.5) is 0 Å².